The van der Waals surface area contributed by atoms with Gasteiger partial charge in [-0.3, -0.25) is 19.5 Å². The van der Waals surface area contributed by atoms with Crippen LogP contribution in [0.4, 0.5) is 5.95 Å². The van der Waals surface area contributed by atoms with Crippen molar-refractivity contribution >= 4 is 34.4 Å². The summed E-state index contributed by atoms with van der Waals surface area (Å²) in [6, 6.07) is 12.9. The van der Waals surface area contributed by atoms with Crippen LogP contribution >= 0.6 is 0 Å². The van der Waals surface area contributed by atoms with Crippen LogP contribution < -0.4 is 19.1 Å². The Balaban J connectivity index is 1.74. The second-order valence-electron chi connectivity index (χ2n) is 10.4. The molecular weight excluding hydrogens is 512 g/mol. The summed E-state index contributed by atoms with van der Waals surface area (Å²) in [5, 5.41) is 11.7. The molecule has 1 atom stereocenters. The van der Waals surface area contributed by atoms with Gasteiger partial charge < -0.3 is 24.3 Å². The summed E-state index contributed by atoms with van der Waals surface area (Å²) in [6.07, 6.45) is 1.56. The number of carbonyl (C=O) groups excluding carboxylic acids is 2. The van der Waals surface area contributed by atoms with E-state index in [1.54, 1.807) is 48.7 Å². The predicted octanol–water partition coefficient (Wildman–Crippen LogP) is 4.91. The fourth-order valence-corrected chi connectivity index (χ4v) is 4.81. The summed E-state index contributed by atoms with van der Waals surface area (Å²) in [5.74, 6) is -0.689. The van der Waals surface area contributed by atoms with Crippen molar-refractivity contribution in [1.29, 1.82) is 0 Å². The predicted molar refractivity (Wildman–Crippen MR) is 150 cm³/mol. The van der Waals surface area contributed by atoms with Crippen molar-refractivity contribution in [2.45, 2.75) is 32.2 Å². The molecule has 2 aromatic carbocycles. The van der Waals surface area contributed by atoms with Gasteiger partial charge >= 0.3 is 5.91 Å². The average molecular weight is 543 g/mol. The first kappa shape index (κ1) is 26.7. The number of amides is 1. The molecule has 1 fully saturated rings. The lowest BCUT2D eigenvalue weighted by Gasteiger charge is -2.23. The first-order chi connectivity index (χ1) is 19.1. The standard InChI is InChI=1S/C30H30N4O6/c1-30(2,3)16-10-11-21(38-4)17(13-16)26(35)24-25(18-9-7-8-12-31-18)34(28(37)27(24)36)29-32-19-14-22(39-5)23(40-6)15-20(19)33-29/h7-15,25,35H,1-6H3,(H,32,33)/b26-24+. The van der Waals surface area contributed by atoms with Gasteiger partial charge in [-0.15, -0.1) is 0 Å². The number of nitrogens with one attached hydrogen (secondary N) is 1. The molecule has 3 heterocycles. The van der Waals surface area contributed by atoms with Crippen LogP contribution in [0.25, 0.3) is 16.8 Å². The topological polar surface area (TPSA) is 127 Å². The van der Waals surface area contributed by atoms with Crippen molar-refractivity contribution in [3.05, 3.63) is 77.1 Å². The summed E-state index contributed by atoms with van der Waals surface area (Å²) in [4.78, 5) is 40.6. The number of methoxy groups -OCH3 is 3. The first-order valence-electron chi connectivity index (χ1n) is 12.6. The highest BCUT2D eigenvalue weighted by molar-refractivity contribution is 6.51. The van der Waals surface area contributed by atoms with Gasteiger partial charge in [0.2, 0.25) is 5.95 Å². The van der Waals surface area contributed by atoms with Crippen molar-refractivity contribution in [3.8, 4) is 17.2 Å². The van der Waals surface area contributed by atoms with Gasteiger partial charge in [0.25, 0.3) is 5.78 Å². The molecule has 1 saturated heterocycles. The van der Waals surface area contributed by atoms with Gasteiger partial charge in [0.15, 0.2) is 11.5 Å². The zero-order chi connectivity index (χ0) is 28.8. The van der Waals surface area contributed by atoms with Crippen LogP contribution in [-0.2, 0) is 15.0 Å². The molecule has 40 heavy (non-hydrogen) atoms. The maximum absolute atomic E-state index is 13.6. The maximum Gasteiger partial charge on any atom is 0.302 e. The van der Waals surface area contributed by atoms with Crippen LogP contribution in [-0.4, -0.2) is 53.1 Å². The van der Waals surface area contributed by atoms with Crippen LogP contribution in [0.1, 0.15) is 43.6 Å². The summed E-state index contributed by atoms with van der Waals surface area (Å²) in [6.45, 7) is 6.12. The molecule has 0 saturated carbocycles. The fraction of sp³-hybridized carbons (Fsp3) is 0.267. The van der Waals surface area contributed by atoms with Crippen molar-refractivity contribution in [2.24, 2.45) is 0 Å². The second-order valence-corrected chi connectivity index (χ2v) is 10.4. The first-order valence-corrected chi connectivity index (χ1v) is 12.6. The molecule has 1 unspecified atom stereocenters. The summed E-state index contributed by atoms with van der Waals surface area (Å²) < 4.78 is 16.3. The van der Waals surface area contributed by atoms with E-state index in [-0.39, 0.29) is 22.7 Å². The molecule has 2 N–H and O–H groups in total. The lowest BCUT2D eigenvalue weighted by Crippen LogP contribution is -2.30. The van der Waals surface area contributed by atoms with E-state index in [0.717, 1.165) is 5.56 Å². The number of carbonyl (C=O) groups is 2. The zero-order valence-corrected chi connectivity index (χ0v) is 23.1. The molecular formula is C30H30N4O6. The maximum atomic E-state index is 13.6. The minimum atomic E-state index is -1.06. The van der Waals surface area contributed by atoms with Gasteiger partial charge in [-0.2, -0.15) is 0 Å². The highest BCUT2D eigenvalue weighted by atomic mass is 16.5. The number of imidazole rings is 1. The van der Waals surface area contributed by atoms with Crippen LogP contribution in [0.3, 0.4) is 0 Å². The quantitative estimate of drug-likeness (QED) is 0.200. The van der Waals surface area contributed by atoms with Gasteiger partial charge in [0.05, 0.1) is 49.2 Å². The van der Waals surface area contributed by atoms with E-state index in [0.29, 0.717) is 39.5 Å². The molecule has 10 heteroatoms. The van der Waals surface area contributed by atoms with Gasteiger partial charge in [-0.25, -0.2) is 4.98 Å². The largest absolute Gasteiger partial charge is 0.507 e. The van der Waals surface area contributed by atoms with Crippen LogP contribution in [0.2, 0.25) is 0 Å². The molecule has 0 radical (unpaired) electrons. The third kappa shape index (κ3) is 4.41. The molecule has 0 aliphatic carbocycles. The van der Waals surface area contributed by atoms with Gasteiger partial charge in [0, 0.05) is 18.3 Å². The van der Waals surface area contributed by atoms with Crippen molar-refractivity contribution in [1.82, 2.24) is 15.0 Å². The smallest absolute Gasteiger partial charge is 0.302 e. The van der Waals surface area contributed by atoms with Crippen molar-refractivity contribution < 1.29 is 28.9 Å². The Morgan fingerprint density at radius 2 is 1.65 bits per heavy atom. The van der Waals surface area contributed by atoms with E-state index in [9.17, 15) is 14.7 Å². The number of fused-ring (bicyclic) bond motifs is 1. The number of hydrogen-bond donors (Lipinski definition) is 2. The molecule has 1 aliphatic heterocycles. The van der Waals surface area contributed by atoms with Gasteiger partial charge in [0.1, 0.15) is 17.6 Å². The van der Waals surface area contributed by atoms with Crippen molar-refractivity contribution in [2.75, 3.05) is 26.2 Å². The normalized spacial score (nSPS) is 16.9. The van der Waals surface area contributed by atoms with E-state index >= 15 is 0 Å². The summed E-state index contributed by atoms with van der Waals surface area (Å²) >= 11 is 0. The number of aliphatic hydroxyl groups is 1. The minimum absolute atomic E-state index is 0.109. The number of ether oxygens (including phenoxy) is 3. The van der Waals surface area contributed by atoms with Crippen molar-refractivity contribution in [3.63, 3.8) is 0 Å². The third-order valence-corrected chi connectivity index (χ3v) is 6.94. The number of nitrogens with zero attached hydrogens (tertiary/aromatic N) is 3. The number of aromatic amines is 1. The number of pyridine rings is 1. The Bertz CT molecular complexity index is 1610. The SMILES string of the molecule is COc1cc2nc(N3C(=O)C(=O)/C(=C(/O)c4cc(C(C)(C)C)ccc4OC)C3c3ccccn3)[nH]c2cc1OC. The van der Waals surface area contributed by atoms with Gasteiger partial charge in [-0.1, -0.05) is 32.9 Å². The highest BCUT2D eigenvalue weighted by Gasteiger charge is 2.49. The number of Topliss-reactive ketones (excluding diaryl/α,β-unsaturated/α-hetero) is 1. The van der Waals surface area contributed by atoms with Crippen LogP contribution in [0.5, 0.6) is 17.2 Å². The zero-order valence-electron chi connectivity index (χ0n) is 23.1. The lowest BCUT2D eigenvalue weighted by atomic mass is 9.85. The summed E-state index contributed by atoms with van der Waals surface area (Å²) in [5.41, 5.74) is 2.28. The van der Waals surface area contributed by atoms with E-state index in [1.807, 2.05) is 26.8 Å². The van der Waals surface area contributed by atoms with E-state index in [4.69, 9.17) is 14.2 Å². The molecule has 206 valence electrons. The Hall–Kier alpha value is -4.86. The molecule has 4 aromatic rings. The molecule has 0 spiro atoms. The second kappa shape index (κ2) is 10.0. The molecule has 2 aromatic heterocycles. The number of anilines is 1. The number of ketones is 1. The molecule has 5 rings (SSSR count). The highest BCUT2D eigenvalue weighted by Crippen LogP contribution is 2.43. The number of rotatable bonds is 6. The molecule has 0 bridgehead atoms. The Labute approximate surface area is 231 Å². The van der Waals surface area contributed by atoms with Crippen LogP contribution in [0.15, 0.2) is 60.3 Å². The number of benzene rings is 2. The van der Waals surface area contributed by atoms with E-state index < -0.39 is 17.7 Å². The molecule has 10 nitrogen and oxygen atoms in total. The van der Waals surface area contributed by atoms with E-state index in [2.05, 4.69) is 15.0 Å². The molecule has 1 aliphatic rings. The van der Waals surface area contributed by atoms with Gasteiger partial charge in [-0.05, 0) is 35.2 Å². The lowest BCUT2D eigenvalue weighted by molar-refractivity contribution is -0.132. The number of hydrogen-bond acceptors (Lipinski definition) is 8. The Morgan fingerprint density at radius 1 is 0.950 bits per heavy atom. The third-order valence-electron chi connectivity index (χ3n) is 6.94. The Morgan fingerprint density at radius 3 is 2.27 bits per heavy atom. The number of H-pyrrole nitrogens is 1. The Kier molecular flexibility index (Phi) is 6.70. The number of aromatic nitrogens is 3. The van der Waals surface area contributed by atoms with E-state index in [1.165, 1.54) is 26.2 Å². The average Bonchev–Trinajstić information content (AvgIpc) is 3.48. The monoisotopic (exact) mass is 542 g/mol. The minimum Gasteiger partial charge on any atom is -0.507 e. The number of aliphatic hydroxyl groups excluding tert-OH is 1. The molecule has 1 amide bonds. The fourth-order valence-electron chi connectivity index (χ4n) is 4.81. The summed E-state index contributed by atoms with van der Waals surface area (Å²) in [7, 11) is 4.51. The van der Waals surface area contributed by atoms with Crippen LogP contribution in [0, 0.1) is 0 Å².